The summed E-state index contributed by atoms with van der Waals surface area (Å²) in [6, 6.07) is 6.98. The minimum Gasteiger partial charge on any atom is -0.378 e. The van der Waals surface area contributed by atoms with Gasteiger partial charge in [0.25, 0.3) is 0 Å². The number of anilines is 1. The van der Waals surface area contributed by atoms with Gasteiger partial charge in [-0.05, 0) is 31.4 Å². The number of halogens is 2. The normalized spacial score (nSPS) is 21.2. The van der Waals surface area contributed by atoms with Crippen LogP contribution in [0.3, 0.4) is 0 Å². The summed E-state index contributed by atoms with van der Waals surface area (Å²) in [5.41, 5.74) is 0.693. The second kappa shape index (κ2) is 10.2. The number of nitrogens with zero attached hydrogens (tertiary/aromatic N) is 3. The van der Waals surface area contributed by atoms with E-state index in [1.807, 2.05) is 19.2 Å². The van der Waals surface area contributed by atoms with Gasteiger partial charge in [0.2, 0.25) is 0 Å². The quantitative estimate of drug-likeness (QED) is 0.425. The third-order valence-corrected chi connectivity index (χ3v) is 4.76. The van der Waals surface area contributed by atoms with Crippen LogP contribution < -0.4 is 10.2 Å². The number of guanidine groups is 1. The predicted molar refractivity (Wildman–Crippen MR) is 111 cm³/mol. The van der Waals surface area contributed by atoms with Gasteiger partial charge in [0.05, 0.1) is 11.8 Å². The summed E-state index contributed by atoms with van der Waals surface area (Å²) in [5.74, 6) is 0.784. The Balaban J connectivity index is 0.00000225. The van der Waals surface area contributed by atoms with E-state index in [9.17, 15) is 4.39 Å². The van der Waals surface area contributed by atoms with Gasteiger partial charge in [0.1, 0.15) is 5.82 Å². The highest BCUT2D eigenvalue weighted by Gasteiger charge is 2.22. The van der Waals surface area contributed by atoms with Gasteiger partial charge in [-0.25, -0.2) is 4.39 Å². The van der Waals surface area contributed by atoms with Crippen LogP contribution in [0.15, 0.2) is 29.3 Å². The van der Waals surface area contributed by atoms with Crippen molar-refractivity contribution in [2.24, 2.45) is 4.99 Å². The maximum atomic E-state index is 13.9. The van der Waals surface area contributed by atoms with E-state index in [0.717, 1.165) is 51.7 Å². The Bertz CT molecular complexity index is 558. The molecule has 0 bridgehead atoms. The maximum Gasteiger partial charge on any atom is 0.193 e. The first-order chi connectivity index (χ1) is 11.8. The average molecular weight is 462 g/mol. The molecule has 3 rings (SSSR count). The average Bonchev–Trinajstić information content (AvgIpc) is 3.13. The predicted octanol–water partition coefficient (Wildman–Crippen LogP) is 2.71. The molecule has 7 heteroatoms. The molecule has 0 aromatic heterocycles. The van der Waals surface area contributed by atoms with E-state index in [0.29, 0.717) is 11.8 Å². The first-order valence-electron chi connectivity index (χ1n) is 8.84. The summed E-state index contributed by atoms with van der Waals surface area (Å²) in [6.07, 6.45) is 3.77. The first kappa shape index (κ1) is 20.2. The van der Waals surface area contributed by atoms with Crippen LogP contribution in [-0.4, -0.2) is 63.3 Å². The molecule has 1 unspecified atom stereocenters. The second-order valence-corrected chi connectivity index (χ2v) is 6.32. The molecular formula is C18H28FIN4O. The van der Waals surface area contributed by atoms with E-state index >= 15 is 0 Å². The molecule has 0 amide bonds. The topological polar surface area (TPSA) is 40.1 Å². The molecule has 2 heterocycles. The Morgan fingerprint density at radius 3 is 2.68 bits per heavy atom. The maximum absolute atomic E-state index is 13.9. The lowest BCUT2D eigenvalue weighted by Gasteiger charge is -2.37. The summed E-state index contributed by atoms with van der Waals surface area (Å²) in [5, 5.41) is 3.44. The Morgan fingerprint density at radius 2 is 2.04 bits per heavy atom. The summed E-state index contributed by atoms with van der Waals surface area (Å²) >= 11 is 0. The van der Waals surface area contributed by atoms with Gasteiger partial charge in [-0.2, -0.15) is 0 Å². The monoisotopic (exact) mass is 462 g/mol. The first-order valence-corrected chi connectivity index (χ1v) is 8.84. The van der Waals surface area contributed by atoms with Gasteiger partial charge in [0, 0.05) is 46.4 Å². The highest BCUT2D eigenvalue weighted by Crippen LogP contribution is 2.20. The van der Waals surface area contributed by atoms with Crippen molar-refractivity contribution < 1.29 is 9.13 Å². The molecule has 2 saturated heterocycles. The van der Waals surface area contributed by atoms with Gasteiger partial charge >= 0.3 is 0 Å². The molecule has 0 aliphatic carbocycles. The fraction of sp³-hybridized carbons (Fsp3) is 0.611. The van der Waals surface area contributed by atoms with E-state index in [-0.39, 0.29) is 29.8 Å². The standard InChI is InChI=1S/C18H27FN4O.HI/c1-20-18(21-9-8-15-5-4-14-24-15)23-12-10-22(11-13-23)17-7-3-2-6-16(17)19;/h2-3,6-7,15H,4-5,8-14H2,1H3,(H,20,21);1H. The third-order valence-electron chi connectivity index (χ3n) is 4.76. The van der Waals surface area contributed by atoms with Crippen LogP contribution in [0, 0.1) is 5.82 Å². The fourth-order valence-corrected chi connectivity index (χ4v) is 3.42. The SMILES string of the molecule is CN=C(NCCC1CCCO1)N1CCN(c2ccccc2F)CC1.I. The summed E-state index contributed by atoms with van der Waals surface area (Å²) < 4.78 is 19.6. The Morgan fingerprint density at radius 1 is 1.28 bits per heavy atom. The number of ether oxygens (including phenoxy) is 1. The van der Waals surface area contributed by atoms with Gasteiger partial charge in [-0.1, -0.05) is 12.1 Å². The molecule has 1 N–H and O–H groups in total. The number of rotatable bonds is 4. The molecule has 2 aliphatic heterocycles. The van der Waals surface area contributed by atoms with E-state index in [1.165, 1.54) is 18.9 Å². The van der Waals surface area contributed by atoms with Crippen LogP contribution in [0.5, 0.6) is 0 Å². The number of piperazine rings is 1. The van der Waals surface area contributed by atoms with Gasteiger partial charge < -0.3 is 19.9 Å². The molecule has 1 atom stereocenters. The molecule has 1 aromatic carbocycles. The largest absolute Gasteiger partial charge is 0.378 e. The van der Waals surface area contributed by atoms with Gasteiger partial charge in [-0.3, -0.25) is 4.99 Å². The molecule has 5 nitrogen and oxygen atoms in total. The highest BCUT2D eigenvalue weighted by atomic mass is 127. The van der Waals surface area contributed by atoms with Crippen molar-refractivity contribution >= 4 is 35.6 Å². The van der Waals surface area contributed by atoms with E-state index in [2.05, 4.69) is 20.1 Å². The lowest BCUT2D eigenvalue weighted by Crippen LogP contribution is -2.53. The molecule has 25 heavy (non-hydrogen) atoms. The molecule has 2 aliphatic rings. The minimum atomic E-state index is -0.148. The molecular weight excluding hydrogens is 434 g/mol. The molecule has 0 spiro atoms. The van der Waals surface area contributed by atoms with E-state index < -0.39 is 0 Å². The zero-order chi connectivity index (χ0) is 16.8. The highest BCUT2D eigenvalue weighted by molar-refractivity contribution is 14.0. The Hall–Kier alpha value is -1.09. The van der Waals surface area contributed by atoms with Crippen molar-refractivity contribution in [1.82, 2.24) is 10.2 Å². The van der Waals surface area contributed by atoms with Crippen LogP contribution in [-0.2, 0) is 4.74 Å². The second-order valence-electron chi connectivity index (χ2n) is 6.32. The van der Waals surface area contributed by atoms with Crippen molar-refractivity contribution in [1.29, 1.82) is 0 Å². The van der Waals surface area contributed by atoms with Crippen LogP contribution in [0.25, 0.3) is 0 Å². The number of nitrogens with one attached hydrogen (secondary N) is 1. The molecule has 1 aromatic rings. The van der Waals surface area contributed by atoms with Crippen LogP contribution in [0.1, 0.15) is 19.3 Å². The van der Waals surface area contributed by atoms with Crippen molar-refractivity contribution in [2.75, 3.05) is 51.3 Å². The lowest BCUT2D eigenvalue weighted by atomic mass is 10.2. The Kier molecular flexibility index (Phi) is 8.21. The van der Waals surface area contributed by atoms with Gasteiger partial charge in [-0.15, -0.1) is 24.0 Å². The lowest BCUT2D eigenvalue weighted by molar-refractivity contribution is 0.105. The summed E-state index contributed by atoms with van der Waals surface area (Å²) in [6.45, 7) is 5.06. The number of aliphatic imine (C=N–C) groups is 1. The minimum absolute atomic E-state index is 0. The van der Waals surface area contributed by atoms with Crippen LogP contribution in [0.4, 0.5) is 10.1 Å². The van der Waals surface area contributed by atoms with E-state index in [1.54, 1.807) is 6.07 Å². The van der Waals surface area contributed by atoms with Crippen molar-refractivity contribution in [3.05, 3.63) is 30.1 Å². The molecule has 0 radical (unpaired) electrons. The van der Waals surface area contributed by atoms with E-state index in [4.69, 9.17) is 4.74 Å². The number of hydrogen-bond acceptors (Lipinski definition) is 3. The van der Waals surface area contributed by atoms with Gasteiger partial charge in [0.15, 0.2) is 5.96 Å². The van der Waals surface area contributed by atoms with Crippen LogP contribution >= 0.6 is 24.0 Å². The number of hydrogen-bond donors (Lipinski definition) is 1. The fourth-order valence-electron chi connectivity index (χ4n) is 3.42. The van der Waals surface area contributed by atoms with Crippen molar-refractivity contribution in [3.8, 4) is 0 Å². The molecule has 2 fully saturated rings. The molecule has 0 saturated carbocycles. The number of benzene rings is 1. The van der Waals surface area contributed by atoms with Crippen molar-refractivity contribution in [3.63, 3.8) is 0 Å². The van der Waals surface area contributed by atoms with Crippen LogP contribution in [0.2, 0.25) is 0 Å². The number of para-hydroxylation sites is 1. The Labute approximate surface area is 166 Å². The zero-order valence-corrected chi connectivity index (χ0v) is 17.1. The zero-order valence-electron chi connectivity index (χ0n) is 14.8. The summed E-state index contributed by atoms with van der Waals surface area (Å²) in [7, 11) is 1.82. The molecule has 140 valence electrons. The third kappa shape index (κ3) is 5.44. The summed E-state index contributed by atoms with van der Waals surface area (Å²) in [4.78, 5) is 8.73. The smallest absolute Gasteiger partial charge is 0.193 e. The van der Waals surface area contributed by atoms with Crippen molar-refractivity contribution in [2.45, 2.75) is 25.4 Å².